The van der Waals surface area contributed by atoms with E-state index in [2.05, 4.69) is 44.3 Å². The molecule has 3 N–H and O–H groups in total. The van der Waals surface area contributed by atoms with E-state index in [4.69, 9.17) is 18.0 Å². The number of fused-ring (bicyclic) bond motifs is 1. The molecule has 2 aromatic carbocycles. The predicted molar refractivity (Wildman–Crippen MR) is 87.8 cm³/mol. The summed E-state index contributed by atoms with van der Waals surface area (Å²) in [6, 6.07) is 12.3. The highest BCUT2D eigenvalue weighted by Gasteiger charge is 2.16. The highest BCUT2D eigenvalue weighted by Crippen LogP contribution is 2.29. The van der Waals surface area contributed by atoms with Crippen LogP contribution in [0.4, 0.5) is 5.69 Å². The van der Waals surface area contributed by atoms with Crippen molar-refractivity contribution in [1.82, 2.24) is 0 Å². The summed E-state index contributed by atoms with van der Waals surface area (Å²) in [7, 11) is 0. The highest BCUT2D eigenvalue weighted by molar-refractivity contribution is 7.80. The van der Waals surface area contributed by atoms with Crippen LogP contribution < -0.4 is 11.1 Å². The zero-order valence-electron chi connectivity index (χ0n) is 11.7. The number of nitrogens with two attached hydrogens (primary N) is 1. The predicted octanol–water partition coefficient (Wildman–Crippen LogP) is 4.07. The summed E-state index contributed by atoms with van der Waals surface area (Å²) < 4.78 is 0. The molecule has 0 heterocycles. The summed E-state index contributed by atoms with van der Waals surface area (Å²) in [4.78, 5) is 0.442. The van der Waals surface area contributed by atoms with Crippen LogP contribution in [0.2, 0.25) is 0 Å². The monoisotopic (exact) mass is 272 g/mol. The molecule has 3 heteroatoms. The van der Waals surface area contributed by atoms with Crippen molar-refractivity contribution >= 4 is 33.7 Å². The van der Waals surface area contributed by atoms with Gasteiger partial charge in [-0.2, -0.15) is 0 Å². The molecule has 2 aromatic rings. The Balaban J connectivity index is 2.59. The molecule has 100 valence electrons. The average molecular weight is 272 g/mol. The lowest BCUT2D eigenvalue weighted by Gasteiger charge is -2.27. The maximum atomic E-state index is 5.79. The van der Waals surface area contributed by atoms with Gasteiger partial charge in [-0.25, -0.2) is 0 Å². The fourth-order valence-corrected chi connectivity index (χ4v) is 2.25. The maximum absolute atomic E-state index is 5.79. The maximum Gasteiger partial charge on any atom is 0.104 e. The van der Waals surface area contributed by atoms with E-state index in [1.807, 2.05) is 18.2 Å². The number of hydrogen-bond donors (Lipinski definition) is 2. The summed E-state index contributed by atoms with van der Waals surface area (Å²) in [5.41, 5.74) is 7.92. The van der Waals surface area contributed by atoms with Crippen molar-refractivity contribution in [1.29, 1.82) is 0 Å². The minimum absolute atomic E-state index is 0.0630. The number of rotatable bonds is 4. The minimum Gasteiger partial charge on any atom is -0.389 e. The molecular formula is C16H20N2S. The van der Waals surface area contributed by atoms with E-state index in [9.17, 15) is 0 Å². The Morgan fingerprint density at radius 3 is 2.37 bits per heavy atom. The van der Waals surface area contributed by atoms with Crippen molar-refractivity contribution in [3.05, 3.63) is 42.0 Å². The van der Waals surface area contributed by atoms with Gasteiger partial charge in [0.2, 0.25) is 0 Å². The van der Waals surface area contributed by atoms with Gasteiger partial charge >= 0.3 is 0 Å². The number of anilines is 1. The zero-order valence-corrected chi connectivity index (χ0v) is 12.5. The summed E-state index contributed by atoms with van der Waals surface area (Å²) in [5.74, 6) is 0. The first-order chi connectivity index (χ1) is 8.94. The molecule has 0 atom stereocenters. The van der Waals surface area contributed by atoms with Crippen LogP contribution in [0.15, 0.2) is 36.4 Å². The van der Waals surface area contributed by atoms with Gasteiger partial charge in [0.1, 0.15) is 4.99 Å². The van der Waals surface area contributed by atoms with Gasteiger partial charge in [-0.15, -0.1) is 0 Å². The van der Waals surface area contributed by atoms with E-state index in [0.717, 1.165) is 28.4 Å². The van der Waals surface area contributed by atoms with E-state index in [1.165, 1.54) is 0 Å². The van der Waals surface area contributed by atoms with Gasteiger partial charge in [-0.3, -0.25) is 0 Å². The molecule has 2 nitrogen and oxygen atoms in total. The van der Waals surface area contributed by atoms with Gasteiger partial charge in [0.15, 0.2) is 0 Å². The van der Waals surface area contributed by atoms with Crippen LogP contribution >= 0.6 is 12.2 Å². The Kier molecular flexibility index (Phi) is 3.76. The van der Waals surface area contributed by atoms with E-state index >= 15 is 0 Å². The SMILES string of the molecule is CCC(C)(C)Nc1ccc(C(N)=S)c2ccccc12. The fourth-order valence-electron chi connectivity index (χ4n) is 2.08. The molecule has 0 aliphatic rings. The van der Waals surface area contributed by atoms with Gasteiger partial charge in [-0.1, -0.05) is 43.4 Å². The van der Waals surface area contributed by atoms with Gasteiger partial charge in [0.25, 0.3) is 0 Å². The Bertz CT molecular complexity index is 617. The summed E-state index contributed by atoms with van der Waals surface area (Å²) >= 11 is 5.12. The molecule has 0 bridgehead atoms. The second-order valence-electron chi connectivity index (χ2n) is 5.43. The molecule has 0 unspecified atom stereocenters. The standard InChI is InChI=1S/C16H20N2S/c1-4-16(2,3)18-14-10-9-13(15(17)19)11-7-5-6-8-12(11)14/h5-10,18H,4H2,1-3H3,(H2,17,19). The summed E-state index contributed by atoms with van der Waals surface area (Å²) in [6.45, 7) is 6.57. The van der Waals surface area contributed by atoms with Crippen molar-refractivity contribution in [3.8, 4) is 0 Å². The van der Waals surface area contributed by atoms with Crippen LogP contribution in [-0.2, 0) is 0 Å². The molecule has 0 spiro atoms. The quantitative estimate of drug-likeness (QED) is 0.824. The van der Waals surface area contributed by atoms with Crippen LogP contribution in [0.25, 0.3) is 10.8 Å². The zero-order chi connectivity index (χ0) is 14.0. The first-order valence-electron chi connectivity index (χ1n) is 6.54. The van der Waals surface area contributed by atoms with Crippen LogP contribution in [0.3, 0.4) is 0 Å². The van der Waals surface area contributed by atoms with Gasteiger partial charge in [-0.05, 0) is 37.8 Å². The Labute approximate surface area is 120 Å². The molecule has 0 fully saturated rings. The van der Waals surface area contributed by atoms with Crippen LogP contribution in [0, 0.1) is 0 Å². The molecule has 0 saturated carbocycles. The summed E-state index contributed by atoms with van der Waals surface area (Å²) in [6.07, 6.45) is 1.05. The van der Waals surface area contributed by atoms with Crippen LogP contribution in [0.1, 0.15) is 32.8 Å². The Hall–Kier alpha value is -1.61. The largest absolute Gasteiger partial charge is 0.389 e. The lowest BCUT2D eigenvalue weighted by Crippen LogP contribution is -2.29. The normalized spacial score (nSPS) is 11.5. The minimum atomic E-state index is 0.0630. The molecule has 0 aromatic heterocycles. The van der Waals surface area contributed by atoms with E-state index in [0.29, 0.717) is 4.99 Å². The fraction of sp³-hybridized carbons (Fsp3) is 0.312. The molecule has 0 aliphatic heterocycles. The first kappa shape index (κ1) is 13.8. The van der Waals surface area contributed by atoms with Crippen molar-refractivity contribution in [2.75, 3.05) is 5.32 Å². The molecule has 0 aliphatic carbocycles. The third-order valence-electron chi connectivity index (χ3n) is 3.55. The van der Waals surface area contributed by atoms with Crippen molar-refractivity contribution in [2.45, 2.75) is 32.7 Å². The second kappa shape index (κ2) is 5.17. The third kappa shape index (κ3) is 2.87. The highest BCUT2D eigenvalue weighted by atomic mass is 32.1. The van der Waals surface area contributed by atoms with E-state index in [-0.39, 0.29) is 5.54 Å². The molecular weight excluding hydrogens is 252 g/mol. The number of nitrogens with one attached hydrogen (secondary N) is 1. The number of thiocarbonyl (C=S) groups is 1. The Morgan fingerprint density at radius 2 is 1.79 bits per heavy atom. The van der Waals surface area contributed by atoms with Crippen molar-refractivity contribution < 1.29 is 0 Å². The first-order valence-corrected chi connectivity index (χ1v) is 6.95. The topological polar surface area (TPSA) is 38.0 Å². The smallest absolute Gasteiger partial charge is 0.104 e. The van der Waals surface area contributed by atoms with Crippen molar-refractivity contribution in [3.63, 3.8) is 0 Å². The van der Waals surface area contributed by atoms with Gasteiger partial charge in [0.05, 0.1) is 0 Å². The van der Waals surface area contributed by atoms with E-state index < -0.39 is 0 Å². The summed E-state index contributed by atoms with van der Waals surface area (Å²) in [5, 5.41) is 5.86. The number of hydrogen-bond acceptors (Lipinski definition) is 2. The Morgan fingerprint density at radius 1 is 1.16 bits per heavy atom. The molecule has 0 radical (unpaired) electrons. The van der Waals surface area contributed by atoms with Crippen molar-refractivity contribution in [2.24, 2.45) is 5.73 Å². The molecule has 2 rings (SSSR count). The third-order valence-corrected chi connectivity index (χ3v) is 3.77. The molecule has 0 saturated heterocycles. The van der Waals surface area contributed by atoms with Gasteiger partial charge in [0, 0.05) is 22.2 Å². The van der Waals surface area contributed by atoms with Crippen LogP contribution in [-0.4, -0.2) is 10.5 Å². The van der Waals surface area contributed by atoms with E-state index in [1.54, 1.807) is 0 Å². The number of benzene rings is 2. The lowest BCUT2D eigenvalue weighted by molar-refractivity contribution is 0.548. The average Bonchev–Trinajstić information content (AvgIpc) is 2.38. The molecule has 19 heavy (non-hydrogen) atoms. The molecule has 0 amide bonds. The van der Waals surface area contributed by atoms with Gasteiger partial charge < -0.3 is 11.1 Å². The lowest BCUT2D eigenvalue weighted by atomic mass is 9.98. The van der Waals surface area contributed by atoms with Crippen LogP contribution in [0.5, 0.6) is 0 Å². The second-order valence-corrected chi connectivity index (χ2v) is 5.87.